The maximum atomic E-state index is 12.2. The Kier molecular flexibility index (Phi) is 5.84. The number of hydrogen-bond donors (Lipinski definition) is 2. The zero-order valence-corrected chi connectivity index (χ0v) is 16.0. The summed E-state index contributed by atoms with van der Waals surface area (Å²) < 4.78 is 10.6. The van der Waals surface area contributed by atoms with Crippen molar-refractivity contribution < 1.29 is 23.9 Å². The number of nitrogens with one attached hydrogen (secondary N) is 2. The van der Waals surface area contributed by atoms with E-state index in [4.69, 9.17) is 9.47 Å². The predicted octanol–water partition coefficient (Wildman–Crippen LogP) is 2.10. The number of esters is 1. The lowest BCUT2D eigenvalue weighted by Gasteiger charge is -2.30. The van der Waals surface area contributed by atoms with Crippen molar-refractivity contribution in [3.63, 3.8) is 0 Å². The van der Waals surface area contributed by atoms with Gasteiger partial charge in [0.05, 0.1) is 24.9 Å². The molecule has 1 aromatic rings. The predicted molar refractivity (Wildman–Crippen MR) is 94.7 cm³/mol. The summed E-state index contributed by atoms with van der Waals surface area (Å²) in [5.74, 6) is -1.83. The molecule has 0 unspecified atom stereocenters. The average Bonchev–Trinajstić information content (AvgIpc) is 2.87. The molecule has 25 heavy (non-hydrogen) atoms. The fraction of sp³-hybridized carbons (Fsp3) is 0.588. The molecule has 0 radical (unpaired) electrons. The van der Waals surface area contributed by atoms with Crippen LogP contribution in [0.2, 0.25) is 0 Å². The van der Waals surface area contributed by atoms with Gasteiger partial charge in [0.25, 0.3) is 0 Å². The highest BCUT2D eigenvalue weighted by Gasteiger charge is 2.34. The van der Waals surface area contributed by atoms with Gasteiger partial charge in [0.15, 0.2) is 0 Å². The molecule has 2 rings (SSSR count). The second kappa shape index (κ2) is 7.53. The quantitative estimate of drug-likeness (QED) is 0.627. The molecular weight excluding hydrogens is 344 g/mol. The first-order valence-electron chi connectivity index (χ1n) is 8.10. The van der Waals surface area contributed by atoms with Crippen LogP contribution in [-0.4, -0.2) is 37.0 Å². The number of rotatable bonds is 4. The lowest BCUT2D eigenvalue weighted by molar-refractivity contribution is -0.136. The second-order valence-electron chi connectivity index (χ2n) is 6.98. The van der Waals surface area contributed by atoms with Crippen molar-refractivity contribution in [1.82, 2.24) is 5.32 Å². The third kappa shape index (κ3) is 4.58. The molecule has 0 atom stereocenters. The average molecular weight is 368 g/mol. The van der Waals surface area contributed by atoms with E-state index >= 15 is 0 Å². The Morgan fingerprint density at radius 1 is 1.28 bits per heavy atom. The smallest absolute Gasteiger partial charge is 0.341 e. The summed E-state index contributed by atoms with van der Waals surface area (Å²) in [4.78, 5) is 37.1. The van der Waals surface area contributed by atoms with E-state index in [0.29, 0.717) is 30.1 Å². The van der Waals surface area contributed by atoms with Crippen LogP contribution in [0.3, 0.4) is 0 Å². The first-order chi connectivity index (χ1) is 11.6. The zero-order chi connectivity index (χ0) is 18.8. The Morgan fingerprint density at radius 3 is 2.56 bits per heavy atom. The summed E-state index contributed by atoms with van der Waals surface area (Å²) in [7, 11) is 1.29. The van der Waals surface area contributed by atoms with E-state index < -0.39 is 23.4 Å². The van der Waals surface area contributed by atoms with Crippen molar-refractivity contribution >= 4 is 34.1 Å². The van der Waals surface area contributed by atoms with Crippen molar-refractivity contribution in [1.29, 1.82) is 0 Å². The van der Waals surface area contributed by atoms with E-state index in [2.05, 4.69) is 10.6 Å². The van der Waals surface area contributed by atoms with Gasteiger partial charge >= 0.3 is 17.8 Å². The van der Waals surface area contributed by atoms with Crippen LogP contribution < -0.4 is 10.6 Å². The Labute approximate surface area is 151 Å². The number of thiophene rings is 1. The molecule has 138 valence electrons. The Balaban J connectivity index is 2.26. The van der Waals surface area contributed by atoms with E-state index in [0.717, 1.165) is 10.4 Å². The van der Waals surface area contributed by atoms with Gasteiger partial charge in [0.2, 0.25) is 0 Å². The molecule has 2 heterocycles. The molecule has 1 aromatic heterocycles. The molecule has 0 bridgehead atoms. The van der Waals surface area contributed by atoms with Gasteiger partial charge in [-0.1, -0.05) is 13.8 Å². The number of carbonyl (C=O) groups is 3. The number of anilines is 1. The van der Waals surface area contributed by atoms with Crippen molar-refractivity contribution in [2.75, 3.05) is 19.0 Å². The highest BCUT2D eigenvalue weighted by molar-refractivity contribution is 7.17. The molecule has 7 nitrogen and oxygen atoms in total. The molecule has 0 saturated carbocycles. The molecule has 0 aromatic carbocycles. The first kappa shape index (κ1) is 19.4. The highest BCUT2D eigenvalue weighted by Crippen LogP contribution is 2.40. The fourth-order valence-electron chi connectivity index (χ4n) is 2.50. The third-order valence-electron chi connectivity index (χ3n) is 3.78. The van der Waals surface area contributed by atoms with Crippen LogP contribution >= 0.6 is 11.3 Å². The van der Waals surface area contributed by atoms with Gasteiger partial charge in [0.1, 0.15) is 5.00 Å². The summed E-state index contributed by atoms with van der Waals surface area (Å²) in [6.45, 7) is 8.50. The number of carbonyl (C=O) groups excluding carboxylic acids is 3. The molecule has 1 aliphatic rings. The number of amides is 2. The molecule has 8 heteroatoms. The summed E-state index contributed by atoms with van der Waals surface area (Å²) in [6.07, 6.45) is 0.526. The van der Waals surface area contributed by atoms with Gasteiger partial charge in [0, 0.05) is 17.8 Å². The third-order valence-corrected chi connectivity index (χ3v) is 4.90. The largest absolute Gasteiger partial charge is 0.465 e. The first-order valence-corrected chi connectivity index (χ1v) is 8.92. The van der Waals surface area contributed by atoms with Gasteiger partial charge in [-0.25, -0.2) is 4.79 Å². The SMILES string of the molecule is COC(=O)c1c(NC(=O)C(=O)NCC(C)C)sc2c1CC(C)(C)OC2. The van der Waals surface area contributed by atoms with Crippen LogP contribution in [0, 0.1) is 5.92 Å². The lowest BCUT2D eigenvalue weighted by atomic mass is 9.93. The van der Waals surface area contributed by atoms with Gasteiger partial charge in [-0.15, -0.1) is 11.3 Å². The van der Waals surface area contributed by atoms with Crippen molar-refractivity contribution in [3.05, 3.63) is 16.0 Å². The maximum Gasteiger partial charge on any atom is 0.341 e. The van der Waals surface area contributed by atoms with Crippen molar-refractivity contribution in [3.8, 4) is 0 Å². The minimum Gasteiger partial charge on any atom is -0.465 e. The molecule has 0 saturated heterocycles. The van der Waals surface area contributed by atoms with Crippen LogP contribution in [0.5, 0.6) is 0 Å². The van der Waals surface area contributed by atoms with Crippen LogP contribution in [0.4, 0.5) is 5.00 Å². The van der Waals surface area contributed by atoms with E-state index in [9.17, 15) is 14.4 Å². The Bertz CT molecular complexity index is 693. The zero-order valence-electron chi connectivity index (χ0n) is 15.1. The molecule has 2 N–H and O–H groups in total. The number of hydrogen-bond acceptors (Lipinski definition) is 6. The van der Waals surface area contributed by atoms with Crippen molar-refractivity contribution in [2.45, 2.75) is 46.3 Å². The minimum absolute atomic E-state index is 0.232. The normalized spacial score (nSPS) is 15.4. The van der Waals surface area contributed by atoms with E-state index in [1.54, 1.807) is 0 Å². The van der Waals surface area contributed by atoms with E-state index in [1.807, 2.05) is 27.7 Å². The standard InChI is InChI=1S/C17H24N2O5S/c1-9(2)7-18-13(20)14(21)19-15-12(16(22)23-5)10-6-17(3,4)24-8-11(10)25-15/h9H,6-8H2,1-5H3,(H,18,20)(H,19,21). The van der Waals surface area contributed by atoms with Crippen molar-refractivity contribution in [2.24, 2.45) is 5.92 Å². The minimum atomic E-state index is -0.801. The van der Waals surface area contributed by atoms with E-state index in [-0.39, 0.29) is 5.92 Å². The highest BCUT2D eigenvalue weighted by atomic mass is 32.1. The number of fused-ring (bicyclic) bond motifs is 1. The Hall–Kier alpha value is -1.93. The lowest BCUT2D eigenvalue weighted by Crippen LogP contribution is -2.37. The molecular formula is C17H24N2O5S. The molecule has 1 aliphatic heterocycles. The summed E-state index contributed by atoms with van der Waals surface area (Å²) in [6, 6.07) is 0. The molecule has 2 amide bonds. The van der Waals surface area contributed by atoms with Gasteiger partial charge in [-0.3, -0.25) is 9.59 Å². The summed E-state index contributed by atoms with van der Waals surface area (Å²) >= 11 is 1.24. The Morgan fingerprint density at radius 2 is 1.96 bits per heavy atom. The van der Waals surface area contributed by atoms with Gasteiger partial charge in [-0.05, 0) is 25.3 Å². The second-order valence-corrected chi connectivity index (χ2v) is 8.09. The van der Waals surface area contributed by atoms with Crippen LogP contribution in [0.25, 0.3) is 0 Å². The maximum absolute atomic E-state index is 12.2. The van der Waals surface area contributed by atoms with Gasteiger partial charge < -0.3 is 20.1 Å². The topological polar surface area (TPSA) is 93.7 Å². The molecule has 0 spiro atoms. The summed E-state index contributed by atoms with van der Waals surface area (Å²) in [5.41, 5.74) is 0.710. The van der Waals surface area contributed by atoms with Crippen LogP contribution in [-0.2, 0) is 32.1 Å². The number of methoxy groups -OCH3 is 1. The molecule has 0 aliphatic carbocycles. The van der Waals surface area contributed by atoms with Crippen LogP contribution in [0.1, 0.15) is 48.5 Å². The molecule has 0 fully saturated rings. The summed E-state index contributed by atoms with van der Waals surface area (Å²) in [5, 5.41) is 5.42. The fourth-order valence-corrected chi connectivity index (χ4v) is 3.61. The monoisotopic (exact) mass is 368 g/mol. The van der Waals surface area contributed by atoms with E-state index in [1.165, 1.54) is 18.4 Å². The number of ether oxygens (including phenoxy) is 2. The van der Waals surface area contributed by atoms with Gasteiger partial charge in [-0.2, -0.15) is 0 Å². The van der Waals surface area contributed by atoms with Crippen LogP contribution in [0.15, 0.2) is 0 Å².